The number of benzene rings is 1. The van der Waals surface area contributed by atoms with Crippen molar-refractivity contribution in [3.8, 4) is 5.75 Å². The van der Waals surface area contributed by atoms with E-state index in [4.69, 9.17) is 9.84 Å². The van der Waals surface area contributed by atoms with Gasteiger partial charge in [-0.3, -0.25) is 4.79 Å². The normalized spacial score (nSPS) is 14.1. The molecular formula is C12H16O5. The largest absolute Gasteiger partial charge is 0.496 e. The van der Waals surface area contributed by atoms with Gasteiger partial charge in [0.25, 0.3) is 0 Å². The number of methoxy groups -OCH3 is 1. The Morgan fingerprint density at radius 2 is 2.06 bits per heavy atom. The van der Waals surface area contributed by atoms with Gasteiger partial charge in [0.2, 0.25) is 0 Å². The molecule has 0 aromatic heterocycles. The van der Waals surface area contributed by atoms with E-state index in [-0.39, 0.29) is 0 Å². The summed E-state index contributed by atoms with van der Waals surface area (Å²) in [7, 11) is 1.45. The minimum absolute atomic E-state index is 0.390. The van der Waals surface area contributed by atoms with Gasteiger partial charge in [-0.1, -0.05) is 11.6 Å². The molecule has 0 radical (unpaired) electrons. The van der Waals surface area contributed by atoms with Crippen molar-refractivity contribution in [1.29, 1.82) is 0 Å². The van der Waals surface area contributed by atoms with Crippen LogP contribution in [-0.2, 0) is 4.79 Å². The van der Waals surface area contributed by atoms with Crippen LogP contribution in [0.4, 0.5) is 0 Å². The molecule has 5 heteroatoms. The highest BCUT2D eigenvalue weighted by Crippen LogP contribution is 2.29. The van der Waals surface area contributed by atoms with Gasteiger partial charge in [-0.2, -0.15) is 0 Å². The van der Waals surface area contributed by atoms with Crippen LogP contribution in [0.3, 0.4) is 0 Å². The maximum atomic E-state index is 10.5. The van der Waals surface area contributed by atoms with Crippen molar-refractivity contribution in [2.24, 2.45) is 0 Å². The number of carboxylic acid groups (broad SMARTS) is 1. The van der Waals surface area contributed by atoms with E-state index in [1.807, 2.05) is 6.92 Å². The average Bonchev–Trinajstić information content (AvgIpc) is 2.27. The number of aliphatic hydroxyl groups is 2. The van der Waals surface area contributed by atoms with Crippen molar-refractivity contribution in [3.05, 3.63) is 29.3 Å². The SMILES string of the molecule is COc1ccc(C)cc1C(O)C(O)CC(=O)O. The van der Waals surface area contributed by atoms with Crippen LogP contribution < -0.4 is 4.74 Å². The summed E-state index contributed by atoms with van der Waals surface area (Å²) in [6.07, 6.45) is -3.15. The lowest BCUT2D eigenvalue weighted by Gasteiger charge is -2.19. The lowest BCUT2D eigenvalue weighted by atomic mass is 9.99. The van der Waals surface area contributed by atoms with E-state index in [1.165, 1.54) is 7.11 Å². The Bertz CT molecular complexity index is 402. The molecule has 17 heavy (non-hydrogen) atoms. The first-order valence-corrected chi connectivity index (χ1v) is 5.18. The smallest absolute Gasteiger partial charge is 0.306 e. The number of hydrogen-bond acceptors (Lipinski definition) is 4. The fourth-order valence-corrected chi connectivity index (χ4v) is 1.58. The topological polar surface area (TPSA) is 87.0 Å². The van der Waals surface area contributed by atoms with Gasteiger partial charge in [0.15, 0.2) is 0 Å². The Balaban J connectivity index is 2.97. The Morgan fingerprint density at radius 1 is 1.41 bits per heavy atom. The van der Waals surface area contributed by atoms with Crippen molar-refractivity contribution in [3.63, 3.8) is 0 Å². The molecule has 0 amide bonds. The molecule has 2 unspecified atom stereocenters. The van der Waals surface area contributed by atoms with Gasteiger partial charge < -0.3 is 20.1 Å². The number of ether oxygens (including phenoxy) is 1. The number of aliphatic carboxylic acids is 1. The number of carbonyl (C=O) groups is 1. The van der Waals surface area contributed by atoms with E-state index in [0.29, 0.717) is 11.3 Å². The fourth-order valence-electron chi connectivity index (χ4n) is 1.58. The molecular weight excluding hydrogens is 224 g/mol. The minimum atomic E-state index is -1.36. The molecule has 0 aliphatic heterocycles. The summed E-state index contributed by atoms with van der Waals surface area (Å²) in [5.41, 5.74) is 1.28. The van der Waals surface area contributed by atoms with E-state index >= 15 is 0 Å². The second-order valence-corrected chi connectivity index (χ2v) is 3.86. The highest BCUT2D eigenvalue weighted by Gasteiger charge is 2.24. The second-order valence-electron chi connectivity index (χ2n) is 3.86. The first kappa shape index (κ1) is 13.5. The summed E-state index contributed by atoms with van der Waals surface area (Å²) in [5.74, 6) is -0.740. The third-order valence-electron chi connectivity index (χ3n) is 2.45. The third kappa shape index (κ3) is 3.44. The molecule has 0 aliphatic rings. The van der Waals surface area contributed by atoms with E-state index < -0.39 is 24.6 Å². The van der Waals surface area contributed by atoms with Crippen LogP contribution in [0.15, 0.2) is 18.2 Å². The molecule has 0 saturated heterocycles. The molecule has 1 aromatic carbocycles. The Hall–Kier alpha value is -1.59. The standard InChI is InChI=1S/C12H16O5/c1-7-3-4-10(17-2)8(5-7)12(16)9(13)6-11(14)15/h3-5,9,12-13,16H,6H2,1-2H3,(H,14,15). The molecule has 1 aromatic rings. The van der Waals surface area contributed by atoms with Crippen LogP contribution in [-0.4, -0.2) is 34.5 Å². The Kier molecular flexibility index (Phi) is 4.48. The van der Waals surface area contributed by atoms with Crippen LogP contribution in [0.5, 0.6) is 5.75 Å². The number of carboxylic acids is 1. The van der Waals surface area contributed by atoms with Gasteiger partial charge >= 0.3 is 5.97 Å². The minimum Gasteiger partial charge on any atom is -0.496 e. The average molecular weight is 240 g/mol. The first-order valence-electron chi connectivity index (χ1n) is 5.18. The molecule has 0 saturated carbocycles. The summed E-state index contributed by atoms with van der Waals surface area (Å²) < 4.78 is 5.06. The zero-order valence-corrected chi connectivity index (χ0v) is 9.75. The van der Waals surface area contributed by atoms with Crippen molar-refractivity contribution >= 4 is 5.97 Å². The maximum absolute atomic E-state index is 10.5. The second kappa shape index (κ2) is 5.65. The predicted molar refractivity (Wildman–Crippen MR) is 61.0 cm³/mol. The van der Waals surface area contributed by atoms with Gasteiger partial charge in [0.1, 0.15) is 11.9 Å². The van der Waals surface area contributed by atoms with E-state index in [0.717, 1.165) is 5.56 Å². The summed E-state index contributed by atoms with van der Waals surface area (Å²) in [6.45, 7) is 1.83. The molecule has 0 fully saturated rings. The zero-order valence-electron chi connectivity index (χ0n) is 9.75. The van der Waals surface area contributed by atoms with E-state index in [1.54, 1.807) is 18.2 Å². The molecule has 3 N–H and O–H groups in total. The number of rotatable bonds is 5. The molecule has 0 spiro atoms. The van der Waals surface area contributed by atoms with Gasteiger partial charge in [0, 0.05) is 5.56 Å². The fraction of sp³-hybridized carbons (Fsp3) is 0.417. The third-order valence-corrected chi connectivity index (χ3v) is 2.45. The highest BCUT2D eigenvalue weighted by molar-refractivity contribution is 5.67. The molecule has 0 bridgehead atoms. The maximum Gasteiger partial charge on any atom is 0.306 e. The van der Waals surface area contributed by atoms with E-state index in [9.17, 15) is 15.0 Å². The molecule has 94 valence electrons. The summed E-state index contributed by atoms with van der Waals surface area (Å²) >= 11 is 0. The quantitative estimate of drug-likeness (QED) is 0.711. The number of hydrogen-bond donors (Lipinski definition) is 3. The lowest BCUT2D eigenvalue weighted by Crippen LogP contribution is -2.22. The van der Waals surface area contributed by atoms with Gasteiger partial charge in [-0.25, -0.2) is 0 Å². The van der Waals surface area contributed by atoms with Crippen molar-refractivity contribution in [2.45, 2.75) is 25.6 Å². The van der Waals surface area contributed by atoms with Crippen LogP contribution in [0, 0.1) is 6.92 Å². The molecule has 2 atom stereocenters. The predicted octanol–water partition coefficient (Wildman–Crippen LogP) is 0.873. The number of aryl methyl sites for hydroxylation is 1. The monoisotopic (exact) mass is 240 g/mol. The molecule has 0 heterocycles. The summed E-state index contributed by atoms with van der Waals surface area (Å²) in [4.78, 5) is 10.5. The number of aliphatic hydroxyl groups excluding tert-OH is 2. The molecule has 1 rings (SSSR count). The van der Waals surface area contributed by atoms with Crippen LogP contribution in [0.1, 0.15) is 23.7 Å². The van der Waals surface area contributed by atoms with Crippen molar-refractivity contribution in [2.75, 3.05) is 7.11 Å². The summed E-state index contributed by atoms with van der Waals surface area (Å²) in [5, 5.41) is 28.0. The summed E-state index contributed by atoms with van der Waals surface area (Å²) in [6, 6.07) is 5.13. The first-order chi connectivity index (χ1) is 7.95. The Labute approximate surface area is 99.3 Å². The van der Waals surface area contributed by atoms with Crippen LogP contribution in [0.2, 0.25) is 0 Å². The van der Waals surface area contributed by atoms with Gasteiger partial charge in [-0.15, -0.1) is 0 Å². The van der Waals surface area contributed by atoms with Crippen molar-refractivity contribution < 1.29 is 24.9 Å². The lowest BCUT2D eigenvalue weighted by molar-refractivity contribution is -0.141. The molecule has 0 aliphatic carbocycles. The van der Waals surface area contributed by atoms with Crippen LogP contribution in [0.25, 0.3) is 0 Å². The van der Waals surface area contributed by atoms with Gasteiger partial charge in [0.05, 0.1) is 19.6 Å². The van der Waals surface area contributed by atoms with Crippen molar-refractivity contribution in [1.82, 2.24) is 0 Å². The Morgan fingerprint density at radius 3 is 2.59 bits per heavy atom. The highest BCUT2D eigenvalue weighted by atomic mass is 16.5. The molecule has 5 nitrogen and oxygen atoms in total. The van der Waals surface area contributed by atoms with Crippen LogP contribution >= 0.6 is 0 Å². The van der Waals surface area contributed by atoms with E-state index in [2.05, 4.69) is 0 Å². The van der Waals surface area contributed by atoms with Gasteiger partial charge in [-0.05, 0) is 19.1 Å². The zero-order chi connectivity index (χ0) is 13.0.